The van der Waals surface area contributed by atoms with E-state index in [1.54, 1.807) is 7.11 Å². The first-order valence-corrected chi connectivity index (χ1v) is 8.60. The van der Waals surface area contributed by atoms with Crippen LogP contribution in [0.3, 0.4) is 0 Å². The van der Waals surface area contributed by atoms with E-state index in [-0.39, 0.29) is 19.1 Å². The molecule has 0 spiro atoms. The maximum absolute atomic E-state index is 11.4. The third-order valence-electron chi connectivity index (χ3n) is 2.43. The van der Waals surface area contributed by atoms with Crippen molar-refractivity contribution in [1.82, 2.24) is 5.32 Å². The maximum Gasteiger partial charge on any atom is 0.469 e. The molecule has 0 aliphatic carbocycles. The van der Waals surface area contributed by atoms with Crippen molar-refractivity contribution in [2.45, 2.75) is 19.3 Å². The van der Waals surface area contributed by atoms with E-state index in [2.05, 4.69) is 9.84 Å². The summed E-state index contributed by atoms with van der Waals surface area (Å²) in [6, 6.07) is 0. The van der Waals surface area contributed by atoms with Gasteiger partial charge in [-0.05, 0) is 12.8 Å². The number of amides is 1. The molecule has 0 rings (SSSR count). The first-order chi connectivity index (χ1) is 10.5. The molecule has 0 saturated heterocycles. The lowest BCUT2D eigenvalue weighted by Gasteiger charge is -2.07. The van der Waals surface area contributed by atoms with Crippen LogP contribution in [0.1, 0.15) is 19.3 Å². The van der Waals surface area contributed by atoms with Gasteiger partial charge in [-0.2, -0.15) is 0 Å². The molecule has 132 valence electrons. The number of ether oxygens (including phenoxy) is 3. The summed E-state index contributed by atoms with van der Waals surface area (Å²) >= 11 is 0. The molecule has 0 atom stereocenters. The Hall–Kier alpha value is -0.540. The number of unbranched alkanes of at least 4 members (excludes halogenated alkanes) is 1. The summed E-state index contributed by atoms with van der Waals surface area (Å²) in [5, 5.41) is 2.51. The van der Waals surface area contributed by atoms with Crippen LogP contribution in [0.5, 0.6) is 0 Å². The van der Waals surface area contributed by atoms with Gasteiger partial charge in [0.15, 0.2) is 0 Å². The third-order valence-corrected chi connectivity index (χ3v) is 2.95. The summed E-state index contributed by atoms with van der Waals surface area (Å²) in [7, 11) is -2.85. The topological polar surface area (TPSA) is 124 Å². The number of nitrogens with one attached hydrogen (secondary N) is 1. The van der Waals surface area contributed by atoms with Crippen molar-refractivity contribution in [3.8, 4) is 0 Å². The van der Waals surface area contributed by atoms with E-state index >= 15 is 0 Å². The number of hydrogen-bond acceptors (Lipinski definition) is 6. The molecular weight excluding hydrogens is 317 g/mol. The van der Waals surface area contributed by atoms with Crippen LogP contribution < -0.4 is 5.32 Å². The van der Waals surface area contributed by atoms with Crippen molar-refractivity contribution in [2.24, 2.45) is 0 Å². The highest BCUT2D eigenvalue weighted by molar-refractivity contribution is 7.46. The van der Waals surface area contributed by atoms with Crippen LogP contribution in [-0.4, -0.2) is 69.0 Å². The van der Waals surface area contributed by atoms with Gasteiger partial charge in [-0.25, -0.2) is 4.57 Å². The zero-order valence-electron chi connectivity index (χ0n) is 12.9. The van der Waals surface area contributed by atoms with Crippen LogP contribution in [0.25, 0.3) is 0 Å². The van der Waals surface area contributed by atoms with Crippen LogP contribution in [0.2, 0.25) is 0 Å². The Balaban J connectivity index is 3.23. The van der Waals surface area contributed by atoms with Crippen molar-refractivity contribution in [3.05, 3.63) is 0 Å². The number of carbonyl (C=O) groups excluding carboxylic acids is 1. The molecule has 0 aromatic carbocycles. The first-order valence-electron chi connectivity index (χ1n) is 7.07. The highest BCUT2D eigenvalue weighted by Crippen LogP contribution is 2.35. The van der Waals surface area contributed by atoms with Gasteiger partial charge < -0.3 is 29.3 Å². The summed E-state index contributed by atoms with van der Waals surface area (Å²) in [5.41, 5.74) is 0. The number of rotatable bonds is 15. The molecule has 0 heterocycles. The van der Waals surface area contributed by atoms with Crippen molar-refractivity contribution < 1.29 is 37.9 Å². The Kier molecular flexibility index (Phi) is 13.7. The van der Waals surface area contributed by atoms with Gasteiger partial charge in [0.05, 0.1) is 33.0 Å². The molecule has 0 bridgehead atoms. The van der Waals surface area contributed by atoms with Gasteiger partial charge in [-0.15, -0.1) is 0 Å². The minimum atomic E-state index is -4.46. The summed E-state index contributed by atoms with van der Waals surface area (Å²) in [5.74, 6) is -0.183. The fourth-order valence-corrected chi connectivity index (χ4v) is 1.73. The molecule has 9 nitrogen and oxygen atoms in total. The molecule has 22 heavy (non-hydrogen) atoms. The standard InChI is InChI=1S/C12H26NO8P/c1-18-8-9-20-11-10-19-6-3-2-4-12(14)13-5-7-21-22(15,16)17/h2-11H2,1H3,(H,13,14)(H2,15,16,17). The predicted octanol–water partition coefficient (Wildman–Crippen LogP) is 0.0618. The molecule has 0 fully saturated rings. The number of methoxy groups -OCH3 is 1. The minimum Gasteiger partial charge on any atom is -0.382 e. The van der Waals surface area contributed by atoms with Gasteiger partial charge in [0, 0.05) is 26.7 Å². The van der Waals surface area contributed by atoms with Crippen LogP contribution in [-0.2, 0) is 28.1 Å². The second-order valence-electron chi connectivity index (χ2n) is 4.35. The van der Waals surface area contributed by atoms with E-state index in [4.69, 9.17) is 24.0 Å². The normalized spacial score (nSPS) is 11.6. The Morgan fingerprint density at radius 1 is 1.00 bits per heavy atom. The molecule has 0 aromatic heterocycles. The van der Waals surface area contributed by atoms with Gasteiger partial charge in [-0.1, -0.05) is 0 Å². The number of phosphoric acid groups is 1. The number of hydrogen-bond donors (Lipinski definition) is 3. The van der Waals surface area contributed by atoms with Gasteiger partial charge in [0.2, 0.25) is 5.91 Å². The minimum absolute atomic E-state index is 0.0687. The summed E-state index contributed by atoms with van der Waals surface area (Å²) in [4.78, 5) is 28.2. The van der Waals surface area contributed by atoms with Gasteiger partial charge in [0.25, 0.3) is 0 Å². The molecule has 10 heteroatoms. The average Bonchev–Trinajstić information content (AvgIpc) is 2.44. The zero-order chi connectivity index (χ0) is 16.7. The fourth-order valence-electron chi connectivity index (χ4n) is 1.40. The van der Waals surface area contributed by atoms with Crippen LogP contribution >= 0.6 is 7.82 Å². The molecule has 0 aliphatic rings. The Labute approximate surface area is 130 Å². The smallest absolute Gasteiger partial charge is 0.382 e. The van der Waals surface area contributed by atoms with Crippen LogP contribution in [0.4, 0.5) is 0 Å². The lowest BCUT2D eigenvalue weighted by atomic mass is 10.2. The van der Waals surface area contributed by atoms with E-state index in [9.17, 15) is 9.36 Å². The molecular formula is C12H26NO8P. The van der Waals surface area contributed by atoms with E-state index in [1.165, 1.54) is 0 Å². The number of phosphoric ester groups is 1. The molecule has 3 N–H and O–H groups in total. The quantitative estimate of drug-likeness (QED) is 0.282. The Bertz CT molecular complexity index is 322. The Morgan fingerprint density at radius 3 is 2.27 bits per heavy atom. The van der Waals surface area contributed by atoms with Gasteiger partial charge in [-0.3, -0.25) is 9.32 Å². The molecule has 0 radical (unpaired) electrons. The van der Waals surface area contributed by atoms with Gasteiger partial charge >= 0.3 is 7.82 Å². The third kappa shape index (κ3) is 17.5. The summed E-state index contributed by atoms with van der Waals surface area (Å²) < 4.78 is 29.9. The molecule has 0 saturated carbocycles. The predicted molar refractivity (Wildman–Crippen MR) is 78.4 cm³/mol. The maximum atomic E-state index is 11.4. The van der Waals surface area contributed by atoms with Crippen LogP contribution in [0, 0.1) is 0 Å². The number of carbonyl (C=O) groups is 1. The van der Waals surface area contributed by atoms with E-state index in [1.807, 2.05) is 0 Å². The van der Waals surface area contributed by atoms with Crippen LogP contribution in [0.15, 0.2) is 0 Å². The van der Waals surface area contributed by atoms with Crippen molar-refractivity contribution in [1.29, 1.82) is 0 Å². The fraction of sp³-hybridized carbons (Fsp3) is 0.917. The average molecular weight is 343 g/mol. The van der Waals surface area contributed by atoms with Gasteiger partial charge in [0.1, 0.15) is 0 Å². The second kappa shape index (κ2) is 14.1. The lowest BCUT2D eigenvalue weighted by Crippen LogP contribution is -2.26. The largest absolute Gasteiger partial charge is 0.469 e. The van der Waals surface area contributed by atoms with E-state index in [0.29, 0.717) is 45.9 Å². The van der Waals surface area contributed by atoms with E-state index < -0.39 is 7.82 Å². The first kappa shape index (κ1) is 21.5. The lowest BCUT2D eigenvalue weighted by molar-refractivity contribution is -0.121. The molecule has 0 aliphatic heterocycles. The van der Waals surface area contributed by atoms with Crippen molar-refractivity contribution in [2.75, 3.05) is 53.3 Å². The van der Waals surface area contributed by atoms with Crippen molar-refractivity contribution in [3.63, 3.8) is 0 Å². The molecule has 0 unspecified atom stereocenters. The zero-order valence-corrected chi connectivity index (χ0v) is 13.8. The summed E-state index contributed by atoms with van der Waals surface area (Å²) in [6.07, 6.45) is 1.77. The van der Waals surface area contributed by atoms with E-state index in [0.717, 1.165) is 6.42 Å². The second-order valence-corrected chi connectivity index (χ2v) is 5.59. The Morgan fingerprint density at radius 2 is 1.64 bits per heavy atom. The SMILES string of the molecule is COCCOCCOCCCCC(=O)NCCOP(=O)(O)O. The summed E-state index contributed by atoms with van der Waals surface area (Å²) in [6.45, 7) is 2.54. The monoisotopic (exact) mass is 343 g/mol. The molecule has 0 aromatic rings. The highest BCUT2D eigenvalue weighted by Gasteiger charge is 2.12. The molecule has 1 amide bonds. The highest BCUT2D eigenvalue weighted by atomic mass is 31.2. The van der Waals surface area contributed by atoms with Crippen molar-refractivity contribution >= 4 is 13.7 Å².